The minimum Gasteiger partial charge on any atom is -0.309 e. The lowest BCUT2D eigenvalue weighted by Crippen LogP contribution is -2.40. The van der Waals surface area contributed by atoms with Crippen molar-refractivity contribution in [3.05, 3.63) is 0 Å². The summed E-state index contributed by atoms with van der Waals surface area (Å²) in [6.07, 6.45) is 4.84. The Bertz CT molecular complexity index is 205. The fraction of sp³-hybridized carbons (Fsp3) is 0.900. The monoisotopic (exact) mass is 196 g/mol. The molecule has 1 aliphatic carbocycles. The maximum atomic E-state index is 8.92. The first kappa shape index (κ1) is 9.36. The lowest BCUT2D eigenvalue weighted by atomic mass is 10.0. The lowest BCUT2D eigenvalue weighted by molar-refractivity contribution is 0.414. The number of nitrogens with zero attached hydrogens (tertiary/aromatic N) is 1. The van der Waals surface area contributed by atoms with Gasteiger partial charge < -0.3 is 5.32 Å². The van der Waals surface area contributed by atoms with Crippen LogP contribution >= 0.6 is 11.8 Å². The quantitative estimate of drug-likeness (QED) is 0.731. The maximum Gasteiger partial charge on any atom is 0.0672 e. The molecule has 2 fully saturated rings. The van der Waals surface area contributed by atoms with Crippen molar-refractivity contribution in [1.82, 2.24) is 5.32 Å². The highest BCUT2D eigenvalue weighted by Crippen LogP contribution is 2.27. The molecule has 3 atom stereocenters. The Labute approximate surface area is 84.1 Å². The van der Waals surface area contributed by atoms with Gasteiger partial charge in [-0.1, -0.05) is 6.42 Å². The Hall–Kier alpha value is -0.200. The molecule has 1 saturated carbocycles. The first-order valence-corrected chi connectivity index (χ1v) is 6.29. The van der Waals surface area contributed by atoms with Crippen LogP contribution in [0.5, 0.6) is 0 Å². The van der Waals surface area contributed by atoms with Crippen LogP contribution in [0.15, 0.2) is 0 Å². The van der Waals surface area contributed by atoms with E-state index in [0.29, 0.717) is 12.1 Å². The predicted octanol–water partition coefficient (Wildman–Crippen LogP) is 1.77. The van der Waals surface area contributed by atoms with Gasteiger partial charge in [0.2, 0.25) is 0 Å². The molecule has 0 aromatic rings. The van der Waals surface area contributed by atoms with E-state index in [4.69, 9.17) is 5.26 Å². The molecular weight excluding hydrogens is 180 g/mol. The van der Waals surface area contributed by atoms with Gasteiger partial charge in [0.05, 0.1) is 12.0 Å². The van der Waals surface area contributed by atoms with Crippen molar-refractivity contribution in [3.8, 4) is 6.07 Å². The third kappa shape index (κ3) is 2.18. The van der Waals surface area contributed by atoms with Crippen molar-refractivity contribution in [2.75, 3.05) is 11.5 Å². The van der Waals surface area contributed by atoms with Gasteiger partial charge in [0, 0.05) is 17.8 Å². The van der Waals surface area contributed by atoms with Crippen molar-refractivity contribution < 1.29 is 0 Å². The molecule has 1 N–H and O–H groups in total. The third-order valence-corrected chi connectivity index (χ3v) is 4.22. The van der Waals surface area contributed by atoms with Crippen molar-refractivity contribution >= 4 is 11.8 Å². The van der Waals surface area contributed by atoms with Gasteiger partial charge in [0.25, 0.3) is 0 Å². The molecule has 0 bridgehead atoms. The SMILES string of the molecule is N#CC1CCCC1NC1CCSC1. The molecule has 0 radical (unpaired) electrons. The number of thioether (sulfide) groups is 1. The smallest absolute Gasteiger partial charge is 0.0672 e. The van der Waals surface area contributed by atoms with E-state index in [1.54, 1.807) is 0 Å². The summed E-state index contributed by atoms with van der Waals surface area (Å²) in [5.41, 5.74) is 0. The zero-order chi connectivity index (χ0) is 9.10. The normalized spacial score (nSPS) is 39.2. The van der Waals surface area contributed by atoms with Crippen LogP contribution in [-0.4, -0.2) is 23.6 Å². The lowest BCUT2D eigenvalue weighted by Gasteiger charge is -2.20. The van der Waals surface area contributed by atoms with Crippen LogP contribution in [-0.2, 0) is 0 Å². The van der Waals surface area contributed by atoms with Gasteiger partial charge in [-0.2, -0.15) is 17.0 Å². The van der Waals surface area contributed by atoms with Gasteiger partial charge >= 0.3 is 0 Å². The molecule has 0 aromatic heterocycles. The van der Waals surface area contributed by atoms with E-state index < -0.39 is 0 Å². The number of rotatable bonds is 2. The van der Waals surface area contributed by atoms with Crippen LogP contribution in [0.1, 0.15) is 25.7 Å². The molecule has 1 saturated heterocycles. The van der Waals surface area contributed by atoms with Crippen molar-refractivity contribution in [1.29, 1.82) is 5.26 Å². The second-order valence-electron chi connectivity index (χ2n) is 4.00. The summed E-state index contributed by atoms with van der Waals surface area (Å²) in [5.74, 6) is 2.82. The predicted molar refractivity (Wildman–Crippen MR) is 55.6 cm³/mol. The Kier molecular flexibility index (Phi) is 3.13. The molecule has 0 amide bonds. The van der Waals surface area contributed by atoms with Crippen molar-refractivity contribution in [3.63, 3.8) is 0 Å². The molecule has 72 valence electrons. The van der Waals surface area contributed by atoms with Gasteiger partial charge in [-0.25, -0.2) is 0 Å². The summed E-state index contributed by atoms with van der Waals surface area (Å²) in [6, 6.07) is 3.60. The summed E-state index contributed by atoms with van der Waals surface area (Å²) in [5, 5.41) is 12.6. The van der Waals surface area contributed by atoms with E-state index in [2.05, 4.69) is 11.4 Å². The molecule has 1 heterocycles. The standard InChI is InChI=1S/C10H16N2S/c11-6-8-2-1-3-10(8)12-9-4-5-13-7-9/h8-10,12H,1-5,7H2. The van der Waals surface area contributed by atoms with Gasteiger partial charge in [0.1, 0.15) is 0 Å². The molecule has 0 aromatic carbocycles. The minimum absolute atomic E-state index is 0.283. The molecule has 2 rings (SSSR count). The molecule has 3 unspecified atom stereocenters. The molecule has 1 aliphatic heterocycles. The Morgan fingerprint density at radius 1 is 1.31 bits per heavy atom. The van der Waals surface area contributed by atoms with Crippen LogP contribution in [0.4, 0.5) is 0 Å². The van der Waals surface area contributed by atoms with E-state index in [1.165, 1.54) is 30.8 Å². The van der Waals surface area contributed by atoms with Crippen LogP contribution in [0, 0.1) is 17.2 Å². The highest BCUT2D eigenvalue weighted by atomic mass is 32.2. The van der Waals surface area contributed by atoms with Gasteiger partial charge in [-0.3, -0.25) is 0 Å². The van der Waals surface area contributed by atoms with E-state index in [1.807, 2.05) is 11.8 Å². The van der Waals surface area contributed by atoms with Crippen LogP contribution in [0.3, 0.4) is 0 Å². The molecule has 2 nitrogen and oxygen atoms in total. The molecule has 13 heavy (non-hydrogen) atoms. The van der Waals surface area contributed by atoms with Gasteiger partial charge in [0.15, 0.2) is 0 Å². The third-order valence-electron chi connectivity index (χ3n) is 3.06. The molecular formula is C10H16N2S. The highest BCUT2D eigenvalue weighted by Gasteiger charge is 2.29. The molecule has 0 spiro atoms. The number of hydrogen-bond donors (Lipinski definition) is 1. The fourth-order valence-electron chi connectivity index (χ4n) is 2.28. The first-order chi connectivity index (χ1) is 6.40. The fourth-order valence-corrected chi connectivity index (χ4v) is 3.45. The van der Waals surface area contributed by atoms with Crippen LogP contribution in [0.2, 0.25) is 0 Å². The van der Waals surface area contributed by atoms with Crippen LogP contribution < -0.4 is 5.32 Å². The van der Waals surface area contributed by atoms with Gasteiger partial charge in [-0.15, -0.1) is 0 Å². The molecule has 2 aliphatic rings. The summed E-state index contributed by atoms with van der Waals surface area (Å²) >= 11 is 2.03. The number of hydrogen-bond acceptors (Lipinski definition) is 3. The summed E-state index contributed by atoms with van der Waals surface area (Å²) in [7, 11) is 0. The van der Waals surface area contributed by atoms with Crippen molar-refractivity contribution in [2.45, 2.75) is 37.8 Å². The number of nitriles is 1. The summed E-state index contributed by atoms with van der Waals surface area (Å²) in [6.45, 7) is 0. The topological polar surface area (TPSA) is 35.8 Å². The average Bonchev–Trinajstić information content (AvgIpc) is 2.76. The minimum atomic E-state index is 0.283. The largest absolute Gasteiger partial charge is 0.309 e. The highest BCUT2D eigenvalue weighted by molar-refractivity contribution is 7.99. The number of nitrogens with one attached hydrogen (secondary N) is 1. The summed E-state index contributed by atoms with van der Waals surface area (Å²) in [4.78, 5) is 0. The first-order valence-electron chi connectivity index (χ1n) is 5.13. The van der Waals surface area contributed by atoms with Crippen molar-refractivity contribution in [2.24, 2.45) is 5.92 Å². The summed E-state index contributed by atoms with van der Waals surface area (Å²) < 4.78 is 0. The molecule has 3 heteroatoms. The van der Waals surface area contributed by atoms with E-state index in [9.17, 15) is 0 Å². The zero-order valence-electron chi connectivity index (χ0n) is 7.83. The van der Waals surface area contributed by atoms with E-state index in [0.717, 1.165) is 6.42 Å². The Morgan fingerprint density at radius 2 is 2.23 bits per heavy atom. The van der Waals surface area contributed by atoms with Crippen LogP contribution in [0.25, 0.3) is 0 Å². The Morgan fingerprint density at radius 3 is 2.92 bits per heavy atom. The van der Waals surface area contributed by atoms with E-state index >= 15 is 0 Å². The van der Waals surface area contributed by atoms with E-state index in [-0.39, 0.29) is 5.92 Å². The van der Waals surface area contributed by atoms with Gasteiger partial charge in [-0.05, 0) is 25.0 Å². The maximum absolute atomic E-state index is 8.92. The Balaban J connectivity index is 1.83. The second kappa shape index (κ2) is 4.34. The zero-order valence-corrected chi connectivity index (χ0v) is 8.65. The average molecular weight is 196 g/mol. The second-order valence-corrected chi connectivity index (χ2v) is 5.15.